The van der Waals surface area contributed by atoms with Crippen molar-refractivity contribution in [3.63, 3.8) is 0 Å². The van der Waals surface area contributed by atoms with Crippen LogP contribution in [0.4, 0.5) is 22.7 Å². The summed E-state index contributed by atoms with van der Waals surface area (Å²) in [5, 5.41) is 27.3. The number of amides is 1. The second kappa shape index (κ2) is 7.60. The van der Waals surface area contributed by atoms with Gasteiger partial charge in [-0.2, -0.15) is 0 Å². The lowest BCUT2D eigenvalue weighted by Gasteiger charge is -2.13. The van der Waals surface area contributed by atoms with E-state index in [1.165, 1.54) is 6.07 Å². The summed E-state index contributed by atoms with van der Waals surface area (Å²) in [5.74, 6) is -0.382. The van der Waals surface area contributed by atoms with Crippen molar-refractivity contribution in [1.82, 2.24) is 0 Å². The van der Waals surface area contributed by atoms with Crippen LogP contribution in [0.2, 0.25) is 0 Å². The Morgan fingerprint density at radius 3 is 2.15 bits per heavy atom. The van der Waals surface area contributed by atoms with E-state index in [2.05, 4.69) is 10.6 Å². The molecule has 0 saturated heterocycles. The number of rotatable bonds is 6. The molecule has 2 N–H and O–H groups in total. The molecule has 0 bridgehead atoms. The van der Waals surface area contributed by atoms with Crippen LogP contribution in [0.5, 0.6) is 0 Å². The summed E-state index contributed by atoms with van der Waals surface area (Å²) in [6.45, 7) is 5.50. The van der Waals surface area contributed by atoms with Crippen molar-refractivity contribution in [2.45, 2.75) is 20.8 Å². The van der Waals surface area contributed by atoms with Crippen LogP contribution in [-0.4, -0.2) is 22.3 Å². The van der Waals surface area contributed by atoms with Crippen molar-refractivity contribution in [2.24, 2.45) is 0 Å². The fraction of sp³-hybridized carbons (Fsp3) is 0.235. The minimum Gasteiger partial charge on any atom is -0.371 e. The van der Waals surface area contributed by atoms with E-state index in [4.69, 9.17) is 0 Å². The van der Waals surface area contributed by atoms with Gasteiger partial charge in [0.2, 0.25) is 5.91 Å². The molecule has 9 heteroatoms. The van der Waals surface area contributed by atoms with Crippen LogP contribution in [-0.2, 0) is 4.79 Å². The first-order valence-electron chi connectivity index (χ1n) is 7.73. The van der Waals surface area contributed by atoms with Crippen molar-refractivity contribution < 1.29 is 14.6 Å². The Morgan fingerprint density at radius 1 is 1.00 bits per heavy atom. The van der Waals surface area contributed by atoms with Crippen LogP contribution in [0.1, 0.15) is 16.7 Å². The zero-order chi connectivity index (χ0) is 19.4. The van der Waals surface area contributed by atoms with Crippen LogP contribution in [0.15, 0.2) is 30.3 Å². The number of carbonyl (C=O) groups is 1. The number of aryl methyl sites for hydroxylation is 3. The number of non-ortho nitro benzene ring substituents is 1. The molecule has 2 rings (SSSR count). The second-order valence-corrected chi connectivity index (χ2v) is 5.89. The molecule has 0 radical (unpaired) electrons. The van der Waals surface area contributed by atoms with Gasteiger partial charge in [0.25, 0.3) is 11.4 Å². The molecule has 0 fully saturated rings. The largest absolute Gasteiger partial charge is 0.371 e. The molecule has 0 aliphatic carbocycles. The first kappa shape index (κ1) is 18.8. The number of hydrogen-bond acceptors (Lipinski definition) is 6. The van der Waals surface area contributed by atoms with Crippen molar-refractivity contribution in [3.8, 4) is 0 Å². The zero-order valence-electron chi connectivity index (χ0n) is 14.5. The molecule has 0 heterocycles. The van der Waals surface area contributed by atoms with Gasteiger partial charge in [0, 0.05) is 11.8 Å². The molecule has 0 aliphatic rings. The first-order valence-corrected chi connectivity index (χ1v) is 7.73. The van der Waals surface area contributed by atoms with E-state index in [9.17, 15) is 25.0 Å². The Balaban J connectivity index is 2.13. The van der Waals surface area contributed by atoms with Gasteiger partial charge in [-0.1, -0.05) is 17.7 Å². The topological polar surface area (TPSA) is 127 Å². The third-order valence-corrected chi connectivity index (χ3v) is 3.77. The van der Waals surface area contributed by atoms with E-state index in [0.29, 0.717) is 5.69 Å². The molecule has 0 aromatic heterocycles. The maximum Gasteiger partial charge on any atom is 0.299 e. The van der Waals surface area contributed by atoms with Gasteiger partial charge < -0.3 is 10.6 Å². The van der Waals surface area contributed by atoms with E-state index in [1.807, 2.05) is 32.9 Å². The lowest BCUT2D eigenvalue weighted by Crippen LogP contribution is -2.23. The molecule has 136 valence electrons. The van der Waals surface area contributed by atoms with Crippen LogP contribution < -0.4 is 10.6 Å². The second-order valence-electron chi connectivity index (χ2n) is 5.89. The molecule has 0 spiro atoms. The maximum absolute atomic E-state index is 12.2. The lowest BCUT2D eigenvalue weighted by molar-refractivity contribution is -0.393. The van der Waals surface area contributed by atoms with Gasteiger partial charge in [-0.3, -0.25) is 25.0 Å². The molecule has 2 aromatic carbocycles. The fourth-order valence-corrected chi connectivity index (χ4v) is 2.67. The van der Waals surface area contributed by atoms with Gasteiger partial charge in [0.15, 0.2) is 0 Å². The fourth-order valence-electron chi connectivity index (χ4n) is 2.67. The highest BCUT2D eigenvalue weighted by molar-refractivity contribution is 5.95. The number of carbonyl (C=O) groups excluding carboxylic acids is 1. The average molecular weight is 358 g/mol. The standard InChI is InChI=1S/C17H18N4O5/c1-10-6-11(2)17(12(3)7-10)19-16(22)9-18-14-5-4-13(20(23)24)8-15(14)21(25)26/h4-8,18H,9H2,1-3H3,(H,19,22). The highest BCUT2D eigenvalue weighted by atomic mass is 16.6. The van der Waals surface area contributed by atoms with Crippen molar-refractivity contribution >= 4 is 28.7 Å². The number of nitrogens with one attached hydrogen (secondary N) is 2. The van der Waals surface area contributed by atoms with Gasteiger partial charge in [0.1, 0.15) is 5.69 Å². The highest BCUT2D eigenvalue weighted by Crippen LogP contribution is 2.29. The minimum atomic E-state index is -0.735. The van der Waals surface area contributed by atoms with Crippen molar-refractivity contribution in [1.29, 1.82) is 0 Å². The molecule has 0 atom stereocenters. The predicted molar refractivity (Wildman–Crippen MR) is 97.5 cm³/mol. The number of nitrogens with zero attached hydrogens (tertiary/aromatic N) is 2. The SMILES string of the molecule is Cc1cc(C)c(NC(=O)CNc2ccc([N+](=O)[O-])cc2[N+](=O)[O-])c(C)c1. The van der Waals surface area contributed by atoms with Crippen molar-refractivity contribution in [2.75, 3.05) is 17.2 Å². The normalized spacial score (nSPS) is 10.3. The van der Waals surface area contributed by atoms with E-state index in [1.54, 1.807) is 0 Å². The highest BCUT2D eigenvalue weighted by Gasteiger charge is 2.20. The van der Waals surface area contributed by atoms with Crippen LogP contribution in [0.3, 0.4) is 0 Å². The summed E-state index contributed by atoms with van der Waals surface area (Å²) < 4.78 is 0. The Bertz CT molecular complexity index is 872. The summed E-state index contributed by atoms with van der Waals surface area (Å²) in [5.41, 5.74) is 2.79. The van der Waals surface area contributed by atoms with Crippen LogP contribution >= 0.6 is 0 Å². The minimum absolute atomic E-state index is 0.0353. The number of benzene rings is 2. The lowest BCUT2D eigenvalue weighted by atomic mass is 10.1. The zero-order valence-corrected chi connectivity index (χ0v) is 14.5. The Hall–Kier alpha value is -3.49. The average Bonchev–Trinajstić information content (AvgIpc) is 2.55. The Labute approximate surface area is 149 Å². The number of hydrogen-bond donors (Lipinski definition) is 2. The van der Waals surface area contributed by atoms with Gasteiger partial charge in [-0.15, -0.1) is 0 Å². The molecule has 0 aliphatic heterocycles. The molecule has 1 amide bonds. The smallest absolute Gasteiger partial charge is 0.299 e. The number of nitro groups is 2. The summed E-state index contributed by atoms with van der Waals surface area (Å²) in [7, 11) is 0. The molecule has 26 heavy (non-hydrogen) atoms. The quantitative estimate of drug-likeness (QED) is 0.601. The Morgan fingerprint density at radius 2 is 1.62 bits per heavy atom. The Kier molecular flexibility index (Phi) is 5.51. The van der Waals surface area contributed by atoms with Gasteiger partial charge in [-0.25, -0.2) is 0 Å². The third kappa shape index (κ3) is 4.32. The van der Waals surface area contributed by atoms with Gasteiger partial charge >= 0.3 is 0 Å². The van der Waals surface area contributed by atoms with E-state index >= 15 is 0 Å². The molecule has 0 unspecified atom stereocenters. The maximum atomic E-state index is 12.2. The van der Waals surface area contributed by atoms with E-state index < -0.39 is 21.2 Å². The van der Waals surface area contributed by atoms with E-state index in [0.717, 1.165) is 28.8 Å². The molecule has 2 aromatic rings. The van der Waals surface area contributed by atoms with E-state index in [-0.39, 0.29) is 18.1 Å². The van der Waals surface area contributed by atoms with Gasteiger partial charge in [-0.05, 0) is 38.0 Å². The monoisotopic (exact) mass is 358 g/mol. The summed E-state index contributed by atoms with van der Waals surface area (Å²) >= 11 is 0. The van der Waals surface area contributed by atoms with Gasteiger partial charge in [0.05, 0.1) is 22.5 Å². The molecule has 9 nitrogen and oxygen atoms in total. The summed E-state index contributed by atoms with van der Waals surface area (Å²) in [6, 6.07) is 7.09. The summed E-state index contributed by atoms with van der Waals surface area (Å²) in [6.07, 6.45) is 0. The van der Waals surface area contributed by atoms with Crippen LogP contribution in [0.25, 0.3) is 0 Å². The first-order chi connectivity index (χ1) is 12.2. The van der Waals surface area contributed by atoms with Crippen molar-refractivity contribution in [3.05, 3.63) is 67.3 Å². The summed E-state index contributed by atoms with van der Waals surface area (Å²) in [4.78, 5) is 32.6. The number of anilines is 2. The molecular formula is C17H18N4O5. The number of nitro benzene ring substituents is 2. The molecular weight excluding hydrogens is 340 g/mol. The molecule has 0 saturated carbocycles. The van der Waals surface area contributed by atoms with Crippen LogP contribution in [0, 0.1) is 41.0 Å². The predicted octanol–water partition coefficient (Wildman–Crippen LogP) is 3.48. The third-order valence-electron chi connectivity index (χ3n) is 3.77.